The minimum Gasteiger partial charge on any atom is -0.481 e. The molecule has 0 amide bonds. The number of rotatable bonds is 1. The number of aryl methyl sites for hydroxylation is 1. The molecule has 0 aromatic carbocycles. The average molecular weight is 184 g/mol. The molecule has 0 atom stereocenters. The second-order valence-electron chi connectivity index (χ2n) is 1.70. The van der Waals surface area contributed by atoms with Crippen LogP contribution >= 0.6 is 0 Å². The van der Waals surface area contributed by atoms with Gasteiger partial charge in [0.25, 0.3) is 0 Å². The first-order chi connectivity index (χ1) is 6.33. The molecule has 0 spiro atoms. The van der Waals surface area contributed by atoms with Crippen molar-refractivity contribution >= 4 is 0 Å². The first kappa shape index (κ1) is 14.4. The maximum atomic E-state index is 4.84. The van der Waals surface area contributed by atoms with E-state index in [1.165, 1.54) is 6.33 Å². The molecule has 3 heteroatoms. The van der Waals surface area contributed by atoms with E-state index in [1.807, 2.05) is 34.6 Å². The molecule has 0 unspecified atom stereocenters. The van der Waals surface area contributed by atoms with E-state index in [0.29, 0.717) is 5.88 Å². The lowest BCUT2D eigenvalue weighted by molar-refractivity contribution is 0.396. The Morgan fingerprint density at radius 3 is 1.92 bits per heavy atom. The monoisotopic (exact) mass is 184 g/mol. The van der Waals surface area contributed by atoms with Gasteiger partial charge in [-0.05, 0) is 6.92 Å². The second kappa shape index (κ2) is 10.9. The van der Waals surface area contributed by atoms with Gasteiger partial charge in [0.2, 0.25) is 5.88 Å². The van der Waals surface area contributed by atoms with E-state index in [1.54, 1.807) is 13.2 Å². The van der Waals surface area contributed by atoms with Crippen LogP contribution in [0.25, 0.3) is 0 Å². The first-order valence-corrected chi connectivity index (χ1v) is 4.65. The minimum atomic E-state index is 0.613. The Bertz CT molecular complexity index is 202. The highest BCUT2D eigenvalue weighted by Gasteiger charge is 1.89. The van der Waals surface area contributed by atoms with Gasteiger partial charge >= 0.3 is 0 Å². The molecule has 13 heavy (non-hydrogen) atoms. The fraction of sp³-hybridized carbons (Fsp3) is 0.600. The average Bonchev–Trinajstić information content (AvgIpc) is 2.24. The van der Waals surface area contributed by atoms with Gasteiger partial charge in [-0.25, -0.2) is 9.97 Å². The third-order valence-electron chi connectivity index (χ3n) is 0.988. The Kier molecular flexibility index (Phi) is 12.1. The number of methoxy groups -OCH3 is 1. The van der Waals surface area contributed by atoms with Crippen LogP contribution in [0.4, 0.5) is 0 Å². The highest BCUT2D eigenvalue weighted by atomic mass is 16.5. The molecule has 1 heterocycles. The zero-order valence-electron chi connectivity index (χ0n) is 9.46. The highest BCUT2D eigenvalue weighted by Crippen LogP contribution is 2.02. The fourth-order valence-electron chi connectivity index (χ4n) is 0.542. The van der Waals surface area contributed by atoms with E-state index in [2.05, 4.69) is 9.97 Å². The predicted octanol–water partition coefficient (Wildman–Crippen LogP) is 2.85. The van der Waals surface area contributed by atoms with Crippen molar-refractivity contribution in [2.75, 3.05) is 7.11 Å². The summed E-state index contributed by atoms with van der Waals surface area (Å²) < 4.78 is 4.84. The van der Waals surface area contributed by atoms with Crippen molar-refractivity contribution in [2.45, 2.75) is 34.6 Å². The number of hydrogen-bond acceptors (Lipinski definition) is 3. The van der Waals surface area contributed by atoms with E-state index < -0.39 is 0 Å². The lowest BCUT2D eigenvalue weighted by Gasteiger charge is -1.95. The predicted molar refractivity (Wildman–Crippen MR) is 56.0 cm³/mol. The minimum absolute atomic E-state index is 0.613. The standard InChI is InChI=1S/C6H8N2O.2C2H6/c1-5-3-6(9-2)8-4-7-5;2*1-2/h3-4H,1-2H3;2*1-2H3. The molecule has 1 aromatic rings. The van der Waals surface area contributed by atoms with Gasteiger partial charge in [0.15, 0.2) is 0 Å². The number of ether oxygens (including phenoxy) is 1. The Morgan fingerprint density at radius 1 is 1.08 bits per heavy atom. The molecule has 0 saturated carbocycles. The summed E-state index contributed by atoms with van der Waals surface area (Å²) in [6.07, 6.45) is 1.48. The van der Waals surface area contributed by atoms with Crippen molar-refractivity contribution in [1.29, 1.82) is 0 Å². The molecule has 0 aliphatic rings. The molecular formula is C10H20N2O. The molecule has 1 rings (SSSR count). The zero-order valence-corrected chi connectivity index (χ0v) is 9.46. The molecule has 3 nitrogen and oxygen atoms in total. The normalized spacial score (nSPS) is 7.23. The van der Waals surface area contributed by atoms with Gasteiger partial charge in [0.05, 0.1) is 7.11 Å². The largest absolute Gasteiger partial charge is 0.481 e. The van der Waals surface area contributed by atoms with Gasteiger partial charge in [0, 0.05) is 11.8 Å². The smallest absolute Gasteiger partial charge is 0.216 e. The summed E-state index contributed by atoms with van der Waals surface area (Å²) in [5.41, 5.74) is 0.918. The van der Waals surface area contributed by atoms with E-state index in [9.17, 15) is 0 Å². The second-order valence-corrected chi connectivity index (χ2v) is 1.70. The van der Waals surface area contributed by atoms with E-state index in [4.69, 9.17) is 4.74 Å². The van der Waals surface area contributed by atoms with Gasteiger partial charge < -0.3 is 4.74 Å². The molecule has 0 aliphatic carbocycles. The topological polar surface area (TPSA) is 35.0 Å². The molecule has 0 aliphatic heterocycles. The lowest BCUT2D eigenvalue weighted by atomic mass is 10.4. The molecule has 76 valence electrons. The van der Waals surface area contributed by atoms with Gasteiger partial charge in [-0.1, -0.05) is 27.7 Å². The molecular weight excluding hydrogens is 164 g/mol. The fourth-order valence-corrected chi connectivity index (χ4v) is 0.542. The van der Waals surface area contributed by atoms with Crippen LogP contribution in [0.15, 0.2) is 12.4 Å². The summed E-state index contributed by atoms with van der Waals surface area (Å²) in [5, 5.41) is 0. The number of aromatic nitrogens is 2. The van der Waals surface area contributed by atoms with Crippen molar-refractivity contribution < 1.29 is 4.74 Å². The number of nitrogens with zero attached hydrogens (tertiary/aromatic N) is 2. The van der Waals surface area contributed by atoms with Crippen LogP contribution in [0.1, 0.15) is 33.4 Å². The third kappa shape index (κ3) is 7.25. The summed E-state index contributed by atoms with van der Waals surface area (Å²) in [5.74, 6) is 0.613. The van der Waals surface area contributed by atoms with E-state index in [-0.39, 0.29) is 0 Å². The summed E-state index contributed by atoms with van der Waals surface area (Å²) in [7, 11) is 1.59. The lowest BCUT2D eigenvalue weighted by Crippen LogP contribution is -1.88. The maximum Gasteiger partial charge on any atom is 0.216 e. The zero-order chi connectivity index (χ0) is 10.7. The number of hydrogen-bond donors (Lipinski definition) is 0. The summed E-state index contributed by atoms with van der Waals surface area (Å²) in [6, 6.07) is 1.78. The van der Waals surface area contributed by atoms with E-state index >= 15 is 0 Å². The van der Waals surface area contributed by atoms with Crippen molar-refractivity contribution in [2.24, 2.45) is 0 Å². The Labute approximate surface area is 81.2 Å². The van der Waals surface area contributed by atoms with Crippen LogP contribution in [-0.4, -0.2) is 17.1 Å². The van der Waals surface area contributed by atoms with Crippen molar-refractivity contribution in [1.82, 2.24) is 9.97 Å². The quantitative estimate of drug-likeness (QED) is 0.673. The molecule has 1 aromatic heterocycles. The first-order valence-electron chi connectivity index (χ1n) is 4.65. The maximum absolute atomic E-state index is 4.84. The van der Waals surface area contributed by atoms with Gasteiger partial charge in [-0.3, -0.25) is 0 Å². The Balaban J connectivity index is 0. The molecule has 0 N–H and O–H groups in total. The van der Waals surface area contributed by atoms with Gasteiger partial charge in [-0.15, -0.1) is 0 Å². The van der Waals surface area contributed by atoms with Crippen LogP contribution < -0.4 is 4.74 Å². The van der Waals surface area contributed by atoms with Crippen LogP contribution in [0.2, 0.25) is 0 Å². The van der Waals surface area contributed by atoms with Crippen molar-refractivity contribution in [3.63, 3.8) is 0 Å². The van der Waals surface area contributed by atoms with E-state index in [0.717, 1.165) is 5.69 Å². The van der Waals surface area contributed by atoms with Crippen molar-refractivity contribution in [3.8, 4) is 5.88 Å². The highest BCUT2D eigenvalue weighted by molar-refractivity contribution is 5.11. The van der Waals surface area contributed by atoms with Gasteiger partial charge in [-0.2, -0.15) is 0 Å². The molecule has 0 fully saturated rings. The van der Waals surface area contributed by atoms with Crippen molar-refractivity contribution in [3.05, 3.63) is 18.1 Å². The van der Waals surface area contributed by atoms with Crippen LogP contribution in [-0.2, 0) is 0 Å². The van der Waals surface area contributed by atoms with Gasteiger partial charge in [0.1, 0.15) is 6.33 Å². The molecule has 0 saturated heterocycles. The van der Waals surface area contributed by atoms with Crippen LogP contribution in [0, 0.1) is 6.92 Å². The summed E-state index contributed by atoms with van der Waals surface area (Å²) in [6.45, 7) is 9.89. The summed E-state index contributed by atoms with van der Waals surface area (Å²) in [4.78, 5) is 7.72. The third-order valence-corrected chi connectivity index (χ3v) is 0.988. The SMILES string of the molecule is CC.CC.COc1cc(C)ncn1. The Morgan fingerprint density at radius 2 is 1.62 bits per heavy atom. The molecule has 0 radical (unpaired) electrons. The summed E-state index contributed by atoms with van der Waals surface area (Å²) >= 11 is 0. The Hall–Kier alpha value is -1.12. The molecule has 0 bridgehead atoms. The van der Waals surface area contributed by atoms with Crippen LogP contribution in [0.3, 0.4) is 0 Å². The van der Waals surface area contributed by atoms with Crippen LogP contribution in [0.5, 0.6) is 5.88 Å².